The van der Waals surface area contributed by atoms with E-state index in [2.05, 4.69) is 21.7 Å². The second kappa shape index (κ2) is 7.79. The van der Waals surface area contributed by atoms with Crippen LogP contribution >= 0.6 is 11.6 Å². The van der Waals surface area contributed by atoms with Crippen molar-refractivity contribution in [1.29, 1.82) is 0 Å². The van der Waals surface area contributed by atoms with Crippen molar-refractivity contribution in [2.75, 3.05) is 13.1 Å². The van der Waals surface area contributed by atoms with E-state index in [1.165, 1.54) is 0 Å². The third-order valence-electron chi connectivity index (χ3n) is 4.64. The van der Waals surface area contributed by atoms with Gasteiger partial charge in [-0.15, -0.1) is 10.2 Å². The Kier molecular flexibility index (Phi) is 5.51. The lowest BCUT2D eigenvalue weighted by molar-refractivity contribution is -0.132. The van der Waals surface area contributed by atoms with Gasteiger partial charge in [0.05, 0.1) is 0 Å². The van der Waals surface area contributed by atoms with Crippen molar-refractivity contribution < 1.29 is 4.79 Å². The zero-order chi connectivity index (χ0) is 16.9. The van der Waals surface area contributed by atoms with Gasteiger partial charge in [-0.2, -0.15) is 0 Å². The number of aryl methyl sites for hydroxylation is 2. The van der Waals surface area contributed by atoms with Gasteiger partial charge >= 0.3 is 0 Å². The van der Waals surface area contributed by atoms with Crippen molar-refractivity contribution in [3.8, 4) is 0 Å². The van der Waals surface area contributed by atoms with E-state index in [0.717, 1.165) is 55.3 Å². The molecule has 0 bridgehead atoms. The fourth-order valence-corrected chi connectivity index (χ4v) is 3.55. The molecule has 1 aromatic carbocycles. The van der Waals surface area contributed by atoms with Gasteiger partial charge in [-0.05, 0) is 43.9 Å². The average molecular weight is 347 g/mol. The van der Waals surface area contributed by atoms with Crippen LogP contribution in [0.2, 0.25) is 5.02 Å². The number of halogens is 1. The van der Waals surface area contributed by atoms with Crippen LogP contribution in [0.25, 0.3) is 0 Å². The van der Waals surface area contributed by atoms with Crippen LogP contribution in [-0.2, 0) is 17.8 Å². The summed E-state index contributed by atoms with van der Waals surface area (Å²) in [7, 11) is 0. The number of hydrogen-bond acceptors (Lipinski definition) is 3. The summed E-state index contributed by atoms with van der Waals surface area (Å²) in [5.41, 5.74) is 1.11. The second-order valence-corrected chi connectivity index (χ2v) is 6.72. The van der Waals surface area contributed by atoms with Gasteiger partial charge in [-0.25, -0.2) is 0 Å². The van der Waals surface area contributed by atoms with Crippen LogP contribution in [0.1, 0.15) is 43.5 Å². The molecular weight excluding hydrogens is 324 g/mol. The van der Waals surface area contributed by atoms with Crippen molar-refractivity contribution in [2.45, 2.75) is 45.1 Å². The normalized spacial score (nSPS) is 17.9. The van der Waals surface area contributed by atoms with E-state index < -0.39 is 0 Å². The second-order valence-electron chi connectivity index (χ2n) is 6.28. The molecule has 2 heterocycles. The fourth-order valence-electron chi connectivity index (χ4n) is 3.34. The molecule has 1 aliphatic heterocycles. The number of carbonyl (C=O) groups is 1. The van der Waals surface area contributed by atoms with Crippen LogP contribution < -0.4 is 0 Å². The highest BCUT2D eigenvalue weighted by Crippen LogP contribution is 2.26. The van der Waals surface area contributed by atoms with Gasteiger partial charge in [0.25, 0.3) is 0 Å². The SMILES string of the molecule is CCn1cnnc1[C@H]1CCCN(C(=O)CCc2cccc(Cl)c2)C1. The van der Waals surface area contributed by atoms with E-state index in [9.17, 15) is 4.79 Å². The molecule has 1 atom stereocenters. The number of aromatic nitrogens is 3. The highest BCUT2D eigenvalue weighted by molar-refractivity contribution is 6.30. The Labute approximate surface area is 147 Å². The van der Waals surface area contributed by atoms with E-state index in [4.69, 9.17) is 11.6 Å². The Balaban J connectivity index is 1.59. The van der Waals surface area contributed by atoms with Gasteiger partial charge in [0, 0.05) is 37.0 Å². The lowest BCUT2D eigenvalue weighted by Crippen LogP contribution is -2.39. The molecule has 3 rings (SSSR count). The van der Waals surface area contributed by atoms with Crippen LogP contribution in [0.5, 0.6) is 0 Å². The van der Waals surface area contributed by atoms with Gasteiger partial charge in [-0.3, -0.25) is 4.79 Å². The molecule has 0 aliphatic carbocycles. The molecule has 1 saturated heterocycles. The molecule has 24 heavy (non-hydrogen) atoms. The van der Waals surface area contributed by atoms with Gasteiger partial charge in [0.15, 0.2) is 0 Å². The fraction of sp³-hybridized carbons (Fsp3) is 0.500. The number of carbonyl (C=O) groups excluding carboxylic acids is 1. The molecular formula is C18H23ClN4O. The van der Waals surface area contributed by atoms with Crippen LogP contribution in [0, 0.1) is 0 Å². The van der Waals surface area contributed by atoms with E-state index in [1.54, 1.807) is 6.33 Å². The summed E-state index contributed by atoms with van der Waals surface area (Å²) in [5.74, 6) is 1.50. The van der Waals surface area contributed by atoms with Crippen molar-refractivity contribution in [3.05, 3.63) is 47.0 Å². The smallest absolute Gasteiger partial charge is 0.222 e. The van der Waals surface area contributed by atoms with Gasteiger partial charge < -0.3 is 9.47 Å². The molecule has 5 nitrogen and oxygen atoms in total. The number of nitrogens with zero attached hydrogens (tertiary/aromatic N) is 4. The monoisotopic (exact) mass is 346 g/mol. The molecule has 0 N–H and O–H groups in total. The molecule has 1 amide bonds. The lowest BCUT2D eigenvalue weighted by atomic mass is 9.96. The summed E-state index contributed by atoms with van der Waals surface area (Å²) in [4.78, 5) is 14.6. The maximum atomic E-state index is 12.6. The van der Waals surface area contributed by atoms with Crippen molar-refractivity contribution in [2.24, 2.45) is 0 Å². The van der Waals surface area contributed by atoms with Crippen molar-refractivity contribution >= 4 is 17.5 Å². The van der Waals surface area contributed by atoms with E-state index in [0.29, 0.717) is 6.42 Å². The third kappa shape index (κ3) is 3.96. The van der Waals surface area contributed by atoms with Gasteiger partial charge in [0.1, 0.15) is 12.2 Å². The molecule has 0 unspecified atom stereocenters. The molecule has 128 valence electrons. The Morgan fingerprint density at radius 3 is 3.08 bits per heavy atom. The number of piperidine rings is 1. The molecule has 0 saturated carbocycles. The minimum Gasteiger partial charge on any atom is -0.342 e. The van der Waals surface area contributed by atoms with E-state index in [-0.39, 0.29) is 11.8 Å². The number of benzene rings is 1. The Morgan fingerprint density at radius 1 is 1.42 bits per heavy atom. The molecule has 6 heteroatoms. The first-order chi connectivity index (χ1) is 11.7. The van der Waals surface area contributed by atoms with E-state index >= 15 is 0 Å². The van der Waals surface area contributed by atoms with E-state index in [1.807, 2.05) is 29.2 Å². The summed E-state index contributed by atoms with van der Waals surface area (Å²) < 4.78 is 2.07. The van der Waals surface area contributed by atoms with Gasteiger partial charge in [0.2, 0.25) is 5.91 Å². The quantitative estimate of drug-likeness (QED) is 0.834. The molecule has 2 aromatic rings. The first-order valence-corrected chi connectivity index (χ1v) is 8.95. The molecule has 0 spiro atoms. The Morgan fingerprint density at radius 2 is 2.29 bits per heavy atom. The summed E-state index contributed by atoms with van der Waals surface area (Å²) in [6, 6.07) is 7.72. The summed E-state index contributed by atoms with van der Waals surface area (Å²) in [5, 5.41) is 9.01. The number of likely N-dealkylation sites (tertiary alicyclic amines) is 1. The molecule has 0 radical (unpaired) electrons. The number of rotatable bonds is 5. The first-order valence-electron chi connectivity index (χ1n) is 8.57. The first kappa shape index (κ1) is 17.0. The molecule has 1 aliphatic rings. The highest BCUT2D eigenvalue weighted by Gasteiger charge is 2.27. The van der Waals surface area contributed by atoms with Crippen LogP contribution in [0.4, 0.5) is 0 Å². The Bertz CT molecular complexity index is 700. The molecule has 1 aromatic heterocycles. The van der Waals surface area contributed by atoms with Crippen LogP contribution in [0.3, 0.4) is 0 Å². The minimum atomic E-state index is 0.210. The lowest BCUT2D eigenvalue weighted by Gasteiger charge is -2.32. The number of hydrogen-bond donors (Lipinski definition) is 0. The average Bonchev–Trinajstić information content (AvgIpc) is 3.08. The summed E-state index contributed by atoms with van der Waals surface area (Å²) in [6.45, 7) is 4.53. The predicted molar refractivity (Wildman–Crippen MR) is 94.0 cm³/mol. The predicted octanol–water partition coefficient (Wildman–Crippen LogP) is 3.29. The van der Waals surface area contributed by atoms with Gasteiger partial charge in [-0.1, -0.05) is 23.7 Å². The maximum absolute atomic E-state index is 12.6. The highest BCUT2D eigenvalue weighted by atomic mass is 35.5. The summed E-state index contributed by atoms with van der Waals surface area (Å²) >= 11 is 6.00. The minimum absolute atomic E-state index is 0.210. The molecule has 1 fully saturated rings. The largest absolute Gasteiger partial charge is 0.342 e. The topological polar surface area (TPSA) is 51.0 Å². The van der Waals surface area contributed by atoms with Crippen LogP contribution in [0.15, 0.2) is 30.6 Å². The van der Waals surface area contributed by atoms with Crippen molar-refractivity contribution in [3.63, 3.8) is 0 Å². The number of amides is 1. The maximum Gasteiger partial charge on any atom is 0.222 e. The standard InChI is InChI=1S/C18H23ClN4O/c1-2-22-13-20-21-18(22)15-6-4-10-23(12-15)17(24)9-8-14-5-3-7-16(19)11-14/h3,5,7,11,13,15H,2,4,6,8-10,12H2,1H3/t15-/m0/s1. The summed E-state index contributed by atoms with van der Waals surface area (Å²) in [6.07, 6.45) is 5.11. The Hall–Kier alpha value is -1.88. The van der Waals surface area contributed by atoms with Crippen molar-refractivity contribution in [1.82, 2.24) is 19.7 Å². The third-order valence-corrected chi connectivity index (χ3v) is 4.88. The zero-order valence-corrected chi connectivity index (χ0v) is 14.7. The zero-order valence-electron chi connectivity index (χ0n) is 14.0. The van der Waals surface area contributed by atoms with Crippen LogP contribution in [-0.4, -0.2) is 38.7 Å².